The van der Waals surface area contributed by atoms with Gasteiger partial charge >= 0.3 is 5.97 Å². The van der Waals surface area contributed by atoms with Gasteiger partial charge in [0.15, 0.2) is 17.2 Å². The van der Waals surface area contributed by atoms with Gasteiger partial charge in [-0.25, -0.2) is 4.79 Å². The highest BCUT2D eigenvalue weighted by molar-refractivity contribution is 7.95. The summed E-state index contributed by atoms with van der Waals surface area (Å²) in [6.07, 6.45) is 12.7. The van der Waals surface area contributed by atoms with Crippen LogP contribution in [0.5, 0.6) is 17.2 Å². The van der Waals surface area contributed by atoms with Crippen LogP contribution < -0.4 is 32.9 Å². The van der Waals surface area contributed by atoms with E-state index >= 15 is 0 Å². The second-order valence-electron chi connectivity index (χ2n) is 11.1. The molecular weight excluding hydrogens is 635 g/mol. The molecule has 234 valence electrons. The van der Waals surface area contributed by atoms with Crippen LogP contribution in [-0.4, -0.2) is 34.1 Å². The van der Waals surface area contributed by atoms with Crippen molar-refractivity contribution in [2.75, 3.05) is 12.8 Å². The van der Waals surface area contributed by atoms with Gasteiger partial charge in [0.2, 0.25) is 0 Å². The van der Waals surface area contributed by atoms with Crippen molar-refractivity contribution in [3.05, 3.63) is 109 Å². The number of esters is 1. The smallest absolute Gasteiger partial charge is 0.338 e. The summed E-state index contributed by atoms with van der Waals surface area (Å²) in [5, 5.41) is 32.9. The van der Waals surface area contributed by atoms with E-state index in [1.807, 2.05) is 0 Å². The third kappa shape index (κ3) is 9.58. The number of ether oxygens (including phenoxy) is 1. The van der Waals surface area contributed by atoms with Crippen LogP contribution >= 0.6 is 7.26 Å². The number of carbonyl (C=O) groups excluding carboxylic acids is 1. The molecule has 0 fully saturated rings. The van der Waals surface area contributed by atoms with Crippen LogP contribution in [0.15, 0.2) is 103 Å². The summed E-state index contributed by atoms with van der Waals surface area (Å²) in [6, 6.07) is 35.5. The lowest BCUT2D eigenvalue weighted by molar-refractivity contribution is -0.0000289. The van der Waals surface area contributed by atoms with Gasteiger partial charge in [0.25, 0.3) is 0 Å². The number of aromatic hydroxyl groups is 3. The van der Waals surface area contributed by atoms with Crippen LogP contribution in [0.4, 0.5) is 0 Å². The first-order valence-corrected chi connectivity index (χ1v) is 17.5. The molecule has 0 saturated heterocycles. The van der Waals surface area contributed by atoms with E-state index in [-0.39, 0.29) is 22.5 Å². The molecule has 0 aliphatic rings. The molecule has 4 aromatic carbocycles. The van der Waals surface area contributed by atoms with E-state index < -0.39 is 30.5 Å². The van der Waals surface area contributed by atoms with Crippen molar-refractivity contribution >= 4 is 29.1 Å². The summed E-state index contributed by atoms with van der Waals surface area (Å²) in [7, 11) is -1.73. The van der Waals surface area contributed by atoms with Gasteiger partial charge in [-0.3, -0.25) is 0 Å². The standard InChI is InChI=1S/C37H43O5P.BrH/c38-34-28-30(29-35(39)36(34)40)37(41)42-26-18-7-5-3-1-2-4-6-8-19-27-43(31-20-12-9-13-21-31,32-22-14-10-15-23-32)33-24-16-11-17-25-33;/h9-17,20-25,28-29H,1-8,18-19,26-27H2,(H2-,38,39,40,41);1H. The van der Waals surface area contributed by atoms with Crippen LogP contribution in [0.3, 0.4) is 0 Å². The highest BCUT2D eigenvalue weighted by Gasteiger charge is 2.44. The van der Waals surface area contributed by atoms with Crippen LogP contribution in [0.1, 0.15) is 74.6 Å². The molecule has 7 heteroatoms. The molecule has 3 N–H and O–H groups in total. The Bertz CT molecular complexity index is 1280. The van der Waals surface area contributed by atoms with Crippen molar-refractivity contribution in [2.45, 2.75) is 64.2 Å². The minimum atomic E-state index is -1.73. The largest absolute Gasteiger partial charge is 1.00 e. The Labute approximate surface area is 273 Å². The SMILES string of the molecule is O=C(OCCCCCCCCCCCC[P+](c1ccccc1)(c1ccccc1)c1ccccc1)c1cc(O)c(O)c(O)c1.[Br-]. The minimum absolute atomic E-state index is 0. The highest BCUT2D eigenvalue weighted by atomic mass is 79.9. The van der Waals surface area contributed by atoms with Crippen molar-refractivity contribution in [1.29, 1.82) is 0 Å². The van der Waals surface area contributed by atoms with Gasteiger partial charge in [0, 0.05) is 0 Å². The van der Waals surface area contributed by atoms with E-state index in [0.717, 1.165) is 31.4 Å². The van der Waals surface area contributed by atoms with E-state index in [4.69, 9.17) is 4.74 Å². The monoisotopic (exact) mass is 678 g/mol. The molecule has 0 atom stereocenters. The maximum atomic E-state index is 12.1. The van der Waals surface area contributed by atoms with Gasteiger partial charge < -0.3 is 37.0 Å². The molecule has 0 radical (unpaired) electrons. The number of benzene rings is 4. The predicted octanol–water partition coefficient (Wildman–Crippen LogP) is 4.86. The molecule has 0 saturated carbocycles. The van der Waals surface area contributed by atoms with Crippen LogP contribution in [-0.2, 0) is 4.74 Å². The van der Waals surface area contributed by atoms with Crippen LogP contribution in [0, 0.1) is 0 Å². The second-order valence-corrected chi connectivity index (χ2v) is 14.7. The van der Waals surface area contributed by atoms with Crippen LogP contribution in [0.2, 0.25) is 0 Å². The van der Waals surface area contributed by atoms with Crippen molar-refractivity contribution in [3.63, 3.8) is 0 Å². The number of phenolic OH excluding ortho intramolecular Hbond substituents is 3. The second kappa shape index (κ2) is 18.5. The number of unbranched alkanes of at least 4 members (excludes halogenated alkanes) is 9. The van der Waals surface area contributed by atoms with E-state index in [9.17, 15) is 20.1 Å². The summed E-state index contributed by atoms with van der Waals surface area (Å²) < 4.78 is 5.23. The summed E-state index contributed by atoms with van der Waals surface area (Å²) in [5.41, 5.74) is 0.0144. The lowest BCUT2D eigenvalue weighted by Crippen LogP contribution is -3.00. The summed E-state index contributed by atoms with van der Waals surface area (Å²) in [4.78, 5) is 12.1. The zero-order valence-corrected chi connectivity index (χ0v) is 27.8. The number of rotatable bonds is 17. The topological polar surface area (TPSA) is 87.0 Å². The Morgan fingerprint density at radius 2 is 0.909 bits per heavy atom. The van der Waals surface area contributed by atoms with Crippen molar-refractivity contribution in [2.24, 2.45) is 0 Å². The van der Waals surface area contributed by atoms with Crippen molar-refractivity contribution < 1.29 is 41.8 Å². The van der Waals surface area contributed by atoms with E-state index in [1.165, 1.54) is 67.0 Å². The highest BCUT2D eigenvalue weighted by Crippen LogP contribution is 2.56. The van der Waals surface area contributed by atoms with Crippen LogP contribution in [0.25, 0.3) is 0 Å². The van der Waals surface area contributed by atoms with Crippen molar-refractivity contribution in [3.8, 4) is 17.2 Å². The number of hydrogen-bond donors (Lipinski definition) is 3. The summed E-state index contributed by atoms with van der Waals surface area (Å²) in [6.45, 7) is 0.292. The summed E-state index contributed by atoms with van der Waals surface area (Å²) >= 11 is 0. The maximum Gasteiger partial charge on any atom is 0.338 e. The molecule has 0 unspecified atom stereocenters. The quantitative estimate of drug-likeness (QED) is 0.0643. The molecule has 4 rings (SSSR count). The van der Waals surface area contributed by atoms with E-state index in [2.05, 4.69) is 91.0 Å². The predicted molar refractivity (Wildman–Crippen MR) is 178 cm³/mol. The Hall–Kier alpha value is -3.34. The van der Waals surface area contributed by atoms with Gasteiger partial charge in [-0.2, -0.15) is 0 Å². The Morgan fingerprint density at radius 3 is 1.32 bits per heavy atom. The summed E-state index contributed by atoms with van der Waals surface area (Å²) in [5.74, 6) is -2.36. The Kier molecular flexibility index (Phi) is 14.7. The fraction of sp³-hybridized carbons (Fsp3) is 0.324. The first kappa shape index (κ1) is 35.1. The van der Waals surface area contributed by atoms with Gasteiger partial charge in [-0.15, -0.1) is 0 Å². The number of phenols is 3. The molecule has 0 aliphatic carbocycles. The Morgan fingerprint density at radius 1 is 0.545 bits per heavy atom. The lowest BCUT2D eigenvalue weighted by atomic mass is 10.1. The average Bonchev–Trinajstić information content (AvgIpc) is 3.05. The van der Waals surface area contributed by atoms with Gasteiger partial charge in [-0.1, -0.05) is 99.5 Å². The average molecular weight is 680 g/mol. The first-order valence-electron chi connectivity index (χ1n) is 15.5. The third-order valence-electron chi connectivity index (χ3n) is 8.02. The van der Waals surface area contributed by atoms with Gasteiger partial charge in [0.05, 0.1) is 18.3 Å². The number of hydrogen-bond acceptors (Lipinski definition) is 5. The zero-order chi connectivity index (χ0) is 30.3. The maximum absolute atomic E-state index is 12.1. The molecule has 4 aromatic rings. The first-order chi connectivity index (χ1) is 21.0. The third-order valence-corrected chi connectivity index (χ3v) is 12.5. The molecule has 0 bridgehead atoms. The van der Waals surface area contributed by atoms with E-state index in [0.29, 0.717) is 6.61 Å². The van der Waals surface area contributed by atoms with E-state index in [1.54, 1.807) is 0 Å². The van der Waals surface area contributed by atoms with Gasteiger partial charge in [0.1, 0.15) is 23.2 Å². The fourth-order valence-corrected chi connectivity index (χ4v) is 10.1. The molecule has 0 amide bonds. The molecular formula is C37H44BrO5P. The molecule has 0 spiro atoms. The molecule has 0 aromatic heterocycles. The normalized spacial score (nSPS) is 11.1. The molecule has 5 nitrogen and oxygen atoms in total. The minimum Gasteiger partial charge on any atom is -1.00 e. The number of carbonyl (C=O) groups is 1. The molecule has 0 aliphatic heterocycles. The molecule has 44 heavy (non-hydrogen) atoms. The zero-order valence-electron chi connectivity index (χ0n) is 25.3. The fourth-order valence-electron chi connectivity index (χ4n) is 5.72. The lowest BCUT2D eigenvalue weighted by Gasteiger charge is -2.27. The molecule has 0 heterocycles. The van der Waals surface area contributed by atoms with Gasteiger partial charge in [-0.05, 0) is 67.8 Å². The Balaban J connectivity index is 0.00000529. The number of halogens is 1. The van der Waals surface area contributed by atoms with Crippen molar-refractivity contribution in [1.82, 2.24) is 0 Å².